The van der Waals surface area contributed by atoms with Gasteiger partial charge < -0.3 is 0 Å². The van der Waals surface area contributed by atoms with Gasteiger partial charge in [-0.15, -0.1) is 0 Å². The van der Waals surface area contributed by atoms with Crippen LogP contribution in [0.5, 0.6) is 0 Å². The van der Waals surface area contributed by atoms with Crippen LogP contribution in [0.15, 0.2) is 16.6 Å². The van der Waals surface area contributed by atoms with Crippen molar-refractivity contribution in [1.82, 2.24) is 4.98 Å². The van der Waals surface area contributed by atoms with Crippen molar-refractivity contribution in [2.24, 2.45) is 0 Å². The summed E-state index contributed by atoms with van der Waals surface area (Å²) in [5.41, 5.74) is 0.783. The largest absolute Gasteiger partial charge is 0.227 e. The van der Waals surface area contributed by atoms with Crippen LogP contribution in [0.4, 0.5) is 4.39 Å². The van der Waals surface area contributed by atoms with Gasteiger partial charge in [0.25, 0.3) is 0 Å². The maximum Gasteiger partial charge on any atom is 0.227 e. The van der Waals surface area contributed by atoms with Gasteiger partial charge >= 0.3 is 0 Å². The summed E-state index contributed by atoms with van der Waals surface area (Å²) >= 11 is 3.04. The second-order valence-electron chi connectivity index (χ2n) is 2.66. The summed E-state index contributed by atoms with van der Waals surface area (Å²) < 4.78 is 13.2. The van der Waals surface area contributed by atoms with E-state index in [0.29, 0.717) is 4.47 Å². The molecule has 1 aromatic rings. The Morgan fingerprint density at radius 3 is 2.55 bits per heavy atom. The molecule has 0 N–H and O–H groups in total. The Kier molecular flexibility index (Phi) is 2.60. The number of nitrogens with zero attached hydrogens (tertiary/aromatic N) is 1. The quantitative estimate of drug-likeness (QED) is 0.660. The number of pyridine rings is 1. The molecule has 0 aliphatic heterocycles. The molecule has 0 atom stereocenters. The topological polar surface area (TPSA) is 12.9 Å². The van der Waals surface area contributed by atoms with Crippen LogP contribution in [0, 0.1) is 5.95 Å². The minimum atomic E-state index is -0.434. The van der Waals surface area contributed by atoms with E-state index in [2.05, 4.69) is 20.9 Å². The van der Waals surface area contributed by atoms with Crippen molar-refractivity contribution in [2.75, 3.05) is 0 Å². The fourth-order valence-electron chi connectivity index (χ4n) is 0.753. The highest BCUT2D eigenvalue weighted by Gasteiger charge is 2.04. The van der Waals surface area contributed by atoms with Crippen molar-refractivity contribution in [3.8, 4) is 0 Å². The maximum atomic E-state index is 12.8. The molecular weight excluding hydrogens is 209 g/mol. The monoisotopic (exact) mass is 217 g/mol. The van der Waals surface area contributed by atoms with Crippen molar-refractivity contribution in [1.29, 1.82) is 0 Å². The summed E-state index contributed by atoms with van der Waals surface area (Å²) in [5, 5.41) is 0. The van der Waals surface area contributed by atoms with Crippen LogP contribution in [0.25, 0.3) is 0 Å². The van der Waals surface area contributed by atoms with Crippen molar-refractivity contribution in [3.05, 3.63) is 28.2 Å². The lowest BCUT2D eigenvalue weighted by molar-refractivity contribution is 0.565. The predicted molar refractivity (Wildman–Crippen MR) is 46.0 cm³/mol. The van der Waals surface area contributed by atoms with Gasteiger partial charge in [0, 0.05) is 5.69 Å². The lowest BCUT2D eigenvalue weighted by Crippen LogP contribution is -1.94. The summed E-state index contributed by atoms with van der Waals surface area (Å²) in [6.45, 7) is 3.96. The van der Waals surface area contributed by atoms with E-state index in [-0.39, 0.29) is 5.92 Å². The first-order valence-corrected chi connectivity index (χ1v) is 4.22. The van der Waals surface area contributed by atoms with Crippen LogP contribution in [0.3, 0.4) is 0 Å². The van der Waals surface area contributed by atoms with Crippen molar-refractivity contribution in [3.63, 3.8) is 0 Å². The molecule has 0 saturated carbocycles. The van der Waals surface area contributed by atoms with Crippen LogP contribution in [0.2, 0.25) is 0 Å². The molecule has 0 aromatic carbocycles. The summed E-state index contributed by atoms with van der Waals surface area (Å²) in [4.78, 5) is 3.76. The van der Waals surface area contributed by atoms with E-state index in [1.165, 1.54) is 0 Å². The normalized spacial score (nSPS) is 10.6. The second kappa shape index (κ2) is 3.30. The van der Waals surface area contributed by atoms with Gasteiger partial charge in [-0.2, -0.15) is 4.39 Å². The van der Waals surface area contributed by atoms with E-state index in [1.54, 1.807) is 6.07 Å². The Hall–Kier alpha value is -0.440. The van der Waals surface area contributed by atoms with E-state index in [9.17, 15) is 4.39 Å². The van der Waals surface area contributed by atoms with Crippen LogP contribution in [-0.4, -0.2) is 4.98 Å². The molecule has 0 aliphatic carbocycles. The number of aromatic nitrogens is 1. The summed E-state index contributed by atoms with van der Waals surface area (Å²) in [6, 6.07) is 3.50. The zero-order valence-electron chi connectivity index (χ0n) is 6.44. The van der Waals surface area contributed by atoms with E-state index in [1.807, 2.05) is 19.9 Å². The lowest BCUT2D eigenvalue weighted by atomic mass is 10.1. The van der Waals surface area contributed by atoms with Crippen LogP contribution < -0.4 is 0 Å². The van der Waals surface area contributed by atoms with Crippen LogP contribution in [-0.2, 0) is 0 Å². The molecule has 0 spiro atoms. The van der Waals surface area contributed by atoms with Crippen molar-refractivity contribution >= 4 is 15.9 Å². The lowest BCUT2D eigenvalue weighted by Gasteiger charge is -2.03. The van der Waals surface area contributed by atoms with Gasteiger partial charge in [-0.25, -0.2) is 4.98 Å². The van der Waals surface area contributed by atoms with E-state index in [4.69, 9.17) is 0 Å². The first-order chi connectivity index (χ1) is 5.11. The molecule has 0 fully saturated rings. The number of rotatable bonds is 1. The van der Waals surface area contributed by atoms with Gasteiger partial charge in [-0.05, 0) is 34.0 Å². The zero-order valence-corrected chi connectivity index (χ0v) is 8.02. The SMILES string of the molecule is CC(C)c1ccc(Br)c(F)n1. The third kappa shape index (κ3) is 1.99. The highest BCUT2D eigenvalue weighted by Crippen LogP contribution is 2.17. The molecule has 1 aromatic heterocycles. The van der Waals surface area contributed by atoms with E-state index < -0.39 is 5.95 Å². The first kappa shape index (κ1) is 8.65. The van der Waals surface area contributed by atoms with Gasteiger partial charge in [0.05, 0.1) is 4.47 Å². The average Bonchev–Trinajstić information content (AvgIpc) is 1.94. The fraction of sp³-hybridized carbons (Fsp3) is 0.375. The smallest absolute Gasteiger partial charge is 0.224 e. The standard InChI is InChI=1S/C8H9BrFN/c1-5(2)7-4-3-6(9)8(10)11-7/h3-5H,1-2H3. The molecule has 0 radical (unpaired) electrons. The molecule has 3 heteroatoms. The highest BCUT2D eigenvalue weighted by molar-refractivity contribution is 9.10. The second-order valence-corrected chi connectivity index (χ2v) is 3.52. The molecule has 1 rings (SSSR count). The molecule has 0 bridgehead atoms. The Labute approximate surface area is 73.8 Å². The Morgan fingerprint density at radius 2 is 2.09 bits per heavy atom. The molecule has 0 aliphatic rings. The predicted octanol–water partition coefficient (Wildman–Crippen LogP) is 3.11. The minimum Gasteiger partial charge on any atom is -0.224 e. The number of halogens is 2. The van der Waals surface area contributed by atoms with Gasteiger partial charge in [0.15, 0.2) is 0 Å². The van der Waals surface area contributed by atoms with Crippen molar-refractivity contribution < 1.29 is 4.39 Å². The Bertz CT molecular complexity index is 260. The summed E-state index contributed by atoms with van der Waals surface area (Å²) in [5.74, 6) is -0.159. The molecule has 11 heavy (non-hydrogen) atoms. The molecular formula is C8H9BrFN. The third-order valence-electron chi connectivity index (χ3n) is 1.42. The molecule has 0 unspecified atom stereocenters. The van der Waals surface area contributed by atoms with E-state index in [0.717, 1.165) is 5.69 Å². The van der Waals surface area contributed by atoms with Crippen LogP contribution >= 0.6 is 15.9 Å². The minimum absolute atomic E-state index is 0.276. The van der Waals surface area contributed by atoms with Gasteiger partial charge in [0.2, 0.25) is 5.95 Å². The van der Waals surface area contributed by atoms with Gasteiger partial charge in [0.1, 0.15) is 0 Å². The summed E-state index contributed by atoms with van der Waals surface area (Å²) in [7, 11) is 0. The first-order valence-electron chi connectivity index (χ1n) is 3.43. The zero-order chi connectivity index (χ0) is 8.43. The molecule has 1 nitrogen and oxygen atoms in total. The van der Waals surface area contributed by atoms with Gasteiger partial charge in [-0.3, -0.25) is 0 Å². The summed E-state index contributed by atoms with van der Waals surface area (Å²) in [6.07, 6.45) is 0. The van der Waals surface area contributed by atoms with Gasteiger partial charge in [-0.1, -0.05) is 13.8 Å². The molecule has 0 saturated heterocycles. The average molecular weight is 218 g/mol. The molecule has 60 valence electrons. The van der Waals surface area contributed by atoms with Crippen molar-refractivity contribution in [2.45, 2.75) is 19.8 Å². The van der Waals surface area contributed by atoms with E-state index >= 15 is 0 Å². The maximum absolute atomic E-state index is 12.8. The fourth-order valence-corrected chi connectivity index (χ4v) is 0.974. The number of hydrogen-bond donors (Lipinski definition) is 0. The molecule has 0 amide bonds. The van der Waals surface area contributed by atoms with Crippen LogP contribution in [0.1, 0.15) is 25.5 Å². The Balaban J connectivity index is 3.05. The highest BCUT2D eigenvalue weighted by atomic mass is 79.9. The molecule has 1 heterocycles. The third-order valence-corrected chi connectivity index (χ3v) is 2.01. The Morgan fingerprint density at radius 1 is 1.45 bits per heavy atom. The number of hydrogen-bond acceptors (Lipinski definition) is 1.